The van der Waals surface area contributed by atoms with E-state index in [0.29, 0.717) is 12.3 Å². The smallest absolute Gasteiger partial charge is 0.233 e. The molecule has 1 saturated carbocycles. The summed E-state index contributed by atoms with van der Waals surface area (Å²) >= 11 is 1.47. The first-order valence-electron chi connectivity index (χ1n) is 11.6. The van der Waals surface area contributed by atoms with E-state index in [4.69, 9.17) is 0 Å². The average Bonchev–Trinajstić information content (AvgIpc) is 3.48. The van der Waals surface area contributed by atoms with Crippen molar-refractivity contribution in [2.75, 3.05) is 17.3 Å². The van der Waals surface area contributed by atoms with E-state index in [1.165, 1.54) is 11.8 Å². The second-order valence-corrected chi connectivity index (χ2v) is 12.6. The van der Waals surface area contributed by atoms with Gasteiger partial charge in [0.2, 0.25) is 5.91 Å². The Bertz CT molecular complexity index is 1030. The Morgan fingerprint density at radius 1 is 1.16 bits per heavy atom. The lowest BCUT2D eigenvalue weighted by Gasteiger charge is -2.34. The number of thioether (sulfide) groups is 1. The third-order valence-corrected chi connectivity index (χ3v) is 9.09. The maximum absolute atomic E-state index is 13.4. The molecule has 1 aromatic heterocycles. The molecule has 0 spiro atoms. The fraction of sp³-hybridized carbons (Fsp3) is 0.583. The van der Waals surface area contributed by atoms with Crippen LogP contribution in [0.1, 0.15) is 46.0 Å². The van der Waals surface area contributed by atoms with E-state index in [2.05, 4.69) is 35.5 Å². The number of sulfone groups is 1. The highest BCUT2D eigenvalue weighted by Crippen LogP contribution is 2.31. The monoisotopic (exact) mass is 475 g/mol. The Kier molecular flexibility index (Phi) is 7.30. The van der Waals surface area contributed by atoms with Crippen molar-refractivity contribution in [1.82, 2.24) is 14.5 Å². The minimum Gasteiger partial charge on any atom is -0.335 e. The Balaban J connectivity index is 1.52. The summed E-state index contributed by atoms with van der Waals surface area (Å²) < 4.78 is 26.4. The summed E-state index contributed by atoms with van der Waals surface area (Å²) in [5.74, 6) is 1.08. The van der Waals surface area contributed by atoms with Gasteiger partial charge in [-0.1, -0.05) is 68.8 Å². The highest BCUT2D eigenvalue weighted by atomic mass is 32.2. The molecule has 2 heterocycles. The summed E-state index contributed by atoms with van der Waals surface area (Å²) in [5, 5.41) is 0.844. The standard InChI is InChI=1S/C24H33N3O3S2/c1-18(2)15-26-22(19-8-4-3-5-9-19)14-25-24(26)31-16-23(28)27(20-10-6-7-11-20)21-12-13-32(29,30)17-21/h3-5,8-9,14,18,20-21H,6-7,10-13,15-17H2,1-2H3/t21-/m1/s1. The molecular weight excluding hydrogens is 442 g/mol. The molecule has 1 aliphatic carbocycles. The molecule has 0 unspecified atom stereocenters. The zero-order valence-electron chi connectivity index (χ0n) is 18.9. The SMILES string of the molecule is CC(C)Cn1c(-c2ccccc2)cnc1SCC(=O)N(C1CCCC1)[C@@H]1CCS(=O)(=O)C1. The second kappa shape index (κ2) is 10.00. The van der Waals surface area contributed by atoms with E-state index in [-0.39, 0.29) is 35.2 Å². The summed E-state index contributed by atoms with van der Waals surface area (Å²) in [7, 11) is -3.04. The van der Waals surface area contributed by atoms with Crippen molar-refractivity contribution in [3.05, 3.63) is 36.5 Å². The number of aromatic nitrogens is 2. The topological polar surface area (TPSA) is 72.3 Å². The molecule has 0 N–H and O–H groups in total. The molecule has 174 valence electrons. The van der Waals surface area contributed by atoms with Crippen LogP contribution in [0.2, 0.25) is 0 Å². The molecule has 1 saturated heterocycles. The second-order valence-electron chi connectivity index (χ2n) is 9.38. The molecule has 2 aliphatic rings. The van der Waals surface area contributed by atoms with Crippen molar-refractivity contribution in [3.63, 3.8) is 0 Å². The van der Waals surface area contributed by atoms with Gasteiger partial charge in [-0.25, -0.2) is 13.4 Å². The summed E-state index contributed by atoms with van der Waals surface area (Å²) in [6, 6.07) is 10.2. The third-order valence-electron chi connectivity index (χ3n) is 6.37. The number of benzene rings is 1. The van der Waals surface area contributed by atoms with E-state index in [0.717, 1.165) is 48.6 Å². The molecule has 4 rings (SSSR count). The summed E-state index contributed by atoms with van der Waals surface area (Å²) in [6.07, 6.45) is 6.64. The number of hydrogen-bond donors (Lipinski definition) is 0. The lowest BCUT2D eigenvalue weighted by molar-refractivity contribution is -0.132. The molecule has 1 aromatic carbocycles. The van der Waals surface area contributed by atoms with Crippen LogP contribution < -0.4 is 0 Å². The van der Waals surface area contributed by atoms with E-state index in [1.807, 2.05) is 29.3 Å². The molecule has 0 radical (unpaired) electrons. The molecular formula is C24H33N3O3S2. The molecule has 1 aliphatic heterocycles. The van der Waals surface area contributed by atoms with Crippen molar-refractivity contribution in [1.29, 1.82) is 0 Å². The van der Waals surface area contributed by atoms with Gasteiger partial charge in [-0.15, -0.1) is 0 Å². The van der Waals surface area contributed by atoms with Crippen LogP contribution in [-0.2, 0) is 21.2 Å². The van der Waals surface area contributed by atoms with Gasteiger partial charge in [-0.2, -0.15) is 0 Å². The fourth-order valence-corrected chi connectivity index (χ4v) is 7.51. The predicted molar refractivity (Wildman–Crippen MR) is 129 cm³/mol. The first kappa shape index (κ1) is 23.4. The lowest BCUT2D eigenvalue weighted by atomic mass is 10.1. The van der Waals surface area contributed by atoms with Crippen LogP contribution in [0.4, 0.5) is 0 Å². The molecule has 1 atom stereocenters. The highest BCUT2D eigenvalue weighted by molar-refractivity contribution is 7.99. The van der Waals surface area contributed by atoms with E-state index in [1.54, 1.807) is 0 Å². The number of amides is 1. The molecule has 8 heteroatoms. The van der Waals surface area contributed by atoms with Crippen LogP contribution in [0.3, 0.4) is 0 Å². The number of nitrogens with zero attached hydrogens (tertiary/aromatic N) is 3. The maximum atomic E-state index is 13.4. The summed E-state index contributed by atoms with van der Waals surface area (Å²) in [5.41, 5.74) is 2.17. The zero-order chi connectivity index (χ0) is 22.7. The van der Waals surface area contributed by atoms with E-state index in [9.17, 15) is 13.2 Å². The molecule has 2 fully saturated rings. The minimum absolute atomic E-state index is 0.0457. The van der Waals surface area contributed by atoms with Crippen molar-refractivity contribution in [3.8, 4) is 11.3 Å². The lowest BCUT2D eigenvalue weighted by Crippen LogP contribution is -2.47. The van der Waals surface area contributed by atoms with Crippen LogP contribution in [0.5, 0.6) is 0 Å². The Hall–Kier alpha value is -1.80. The quantitative estimate of drug-likeness (QED) is 0.534. The number of imidazole rings is 1. The number of hydrogen-bond acceptors (Lipinski definition) is 5. The number of carbonyl (C=O) groups excluding carboxylic acids is 1. The first-order valence-corrected chi connectivity index (χ1v) is 14.4. The van der Waals surface area contributed by atoms with Crippen molar-refractivity contribution < 1.29 is 13.2 Å². The molecule has 6 nitrogen and oxygen atoms in total. The van der Waals surface area contributed by atoms with Gasteiger partial charge in [0.25, 0.3) is 0 Å². The summed E-state index contributed by atoms with van der Waals surface area (Å²) in [4.78, 5) is 20.0. The van der Waals surface area contributed by atoms with Crippen LogP contribution in [0, 0.1) is 5.92 Å². The van der Waals surface area contributed by atoms with Gasteiger partial charge in [-0.05, 0) is 30.7 Å². The molecule has 0 bridgehead atoms. The fourth-order valence-electron chi connectivity index (χ4n) is 4.94. The van der Waals surface area contributed by atoms with E-state index < -0.39 is 9.84 Å². The summed E-state index contributed by atoms with van der Waals surface area (Å²) in [6.45, 7) is 5.18. The van der Waals surface area contributed by atoms with E-state index >= 15 is 0 Å². The zero-order valence-corrected chi connectivity index (χ0v) is 20.6. The normalized spacial score (nSPS) is 20.8. The van der Waals surface area contributed by atoms with Gasteiger partial charge >= 0.3 is 0 Å². The van der Waals surface area contributed by atoms with Gasteiger partial charge in [0, 0.05) is 18.6 Å². The van der Waals surface area contributed by atoms with Gasteiger partial charge in [0.05, 0.1) is 29.1 Å². The van der Waals surface area contributed by atoms with Crippen LogP contribution in [-0.4, -0.2) is 58.1 Å². The van der Waals surface area contributed by atoms with Crippen LogP contribution in [0.15, 0.2) is 41.7 Å². The predicted octanol–water partition coefficient (Wildman–Crippen LogP) is 4.26. The maximum Gasteiger partial charge on any atom is 0.233 e. The Labute approximate surface area is 195 Å². The molecule has 32 heavy (non-hydrogen) atoms. The minimum atomic E-state index is -3.04. The highest BCUT2D eigenvalue weighted by Gasteiger charge is 2.39. The molecule has 1 amide bonds. The van der Waals surface area contributed by atoms with Crippen molar-refractivity contribution in [2.45, 2.75) is 69.7 Å². The molecule has 2 aromatic rings. The Morgan fingerprint density at radius 3 is 2.50 bits per heavy atom. The van der Waals surface area contributed by atoms with Crippen LogP contribution in [0.25, 0.3) is 11.3 Å². The van der Waals surface area contributed by atoms with Crippen LogP contribution >= 0.6 is 11.8 Å². The van der Waals surface area contributed by atoms with Gasteiger partial charge in [-0.3, -0.25) is 4.79 Å². The number of carbonyl (C=O) groups is 1. The average molecular weight is 476 g/mol. The van der Waals surface area contributed by atoms with Gasteiger partial charge < -0.3 is 9.47 Å². The first-order chi connectivity index (χ1) is 15.3. The van der Waals surface area contributed by atoms with Gasteiger partial charge in [0.15, 0.2) is 15.0 Å². The van der Waals surface area contributed by atoms with Gasteiger partial charge in [0.1, 0.15) is 0 Å². The number of rotatable bonds is 8. The van der Waals surface area contributed by atoms with Crippen molar-refractivity contribution >= 4 is 27.5 Å². The third kappa shape index (κ3) is 5.39. The largest absolute Gasteiger partial charge is 0.335 e. The van der Waals surface area contributed by atoms with Crippen molar-refractivity contribution in [2.24, 2.45) is 5.92 Å². The Morgan fingerprint density at radius 2 is 1.88 bits per heavy atom.